The lowest BCUT2D eigenvalue weighted by Crippen LogP contribution is -2.41. The zero-order chi connectivity index (χ0) is 14.3. The molecule has 1 aliphatic carbocycles. The SMILES string of the molecule is Cc1cc(Br)cc2c1C(=O)N(N(C)CCC1CCC1)C2. The Balaban J connectivity index is 1.70. The molecule has 0 unspecified atom stereocenters. The van der Waals surface area contributed by atoms with Crippen LogP contribution in [0.2, 0.25) is 0 Å². The van der Waals surface area contributed by atoms with Crippen molar-refractivity contribution in [2.45, 2.75) is 39.2 Å². The molecule has 1 saturated carbocycles. The van der Waals surface area contributed by atoms with Gasteiger partial charge in [0.15, 0.2) is 0 Å². The van der Waals surface area contributed by atoms with Crippen molar-refractivity contribution in [1.29, 1.82) is 0 Å². The van der Waals surface area contributed by atoms with E-state index in [1.54, 1.807) is 0 Å². The van der Waals surface area contributed by atoms with E-state index in [9.17, 15) is 4.79 Å². The largest absolute Gasteiger partial charge is 0.269 e. The molecule has 0 radical (unpaired) electrons. The number of hydrogen-bond acceptors (Lipinski definition) is 2. The monoisotopic (exact) mass is 336 g/mol. The molecular formula is C16H21BrN2O. The van der Waals surface area contributed by atoms with Gasteiger partial charge < -0.3 is 0 Å². The summed E-state index contributed by atoms with van der Waals surface area (Å²) in [5.74, 6) is 1.04. The highest BCUT2D eigenvalue weighted by Crippen LogP contribution is 2.32. The molecule has 0 bridgehead atoms. The van der Waals surface area contributed by atoms with Crippen LogP contribution in [0.3, 0.4) is 0 Å². The first-order valence-electron chi connectivity index (χ1n) is 7.38. The Hall–Kier alpha value is -0.870. The number of halogens is 1. The molecule has 3 nitrogen and oxygen atoms in total. The van der Waals surface area contributed by atoms with Gasteiger partial charge in [-0.15, -0.1) is 0 Å². The van der Waals surface area contributed by atoms with E-state index in [4.69, 9.17) is 0 Å². The van der Waals surface area contributed by atoms with Gasteiger partial charge in [-0.05, 0) is 42.5 Å². The Labute approximate surface area is 129 Å². The minimum atomic E-state index is 0.154. The molecule has 0 N–H and O–H groups in total. The second-order valence-corrected chi connectivity index (χ2v) is 7.00. The molecule has 1 heterocycles. The Morgan fingerprint density at radius 1 is 1.40 bits per heavy atom. The molecule has 108 valence electrons. The summed E-state index contributed by atoms with van der Waals surface area (Å²) in [5, 5.41) is 4.00. The number of benzene rings is 1. The van der Waals surface area contributed by atoms with Gasteiger partial charge in [0.05, 0.1) is 6.54 Å². The molecule has 0 saturated heterocycles. The van der Waals surface area contributed by atoms with Crippen LogP contribution >= 0.6 is 15.9 Å². The zero-order valence-electron chi connectivity index (χ0n) is 12.2. The van der Waals surface area contributed by atoms with Gasteiger partial charge in [0, 0.05) is 23.6 Å². The quantitative estimate of drug-likeness (QED) is 0.835. The Morgan fingerprint density at radius 3 is 2.80 bits per heavy atom. The van der Waals surface area contributed by atoms with Crippen molar-refractivity contribution in [2.75, 3.05) is 13.6 Å². The fourth-order valence-corrected chi connectivity index (χ4v) is 3.77. The number of amides is 1. The molecular weight excluding hydrogens is 316 g/mol. The molecule has 1 amide bonds. The second kappa shape index (κ2) is 5.49. The minimum absolute atomic E-state index is 0.154. The summed E-state index contributed by atoms with van der Waals surface area (Å²) in [4.78, 5) is 12.6. The van der Waals surface area contributed by atoms with Gasteiger partial charge in [-0.25, -0.2) is 5.01 Å². The lowest BCUT2D eigenvalue weighted by Gasteiger charge is -2.32. The lowest BCUT2D eigenvalue weighted by molar-refractivity contribution is 0.00279. The van der Waals surface area contributed by atoms with Crippen LogP contribution in [-0.4, -0.2) is 29.5 Å². The summed E-state index contributed by atoms with van der Waals surface area (Å²) >= 11 is 3.52. The van der Waals surface area contributed by atoms with Crippen molar-refractivity contribution in [2.24, 2.45) is 5.92 Å². The molecule has 1 aromatic carbocycles. The van der Waals surface area contributed by atoms with Gasteiger partial charge in [-0.2, -0.15) is 0 Å². The summed E-state index contributed by atoms with van der Waals surface area (Å²) in [7, 11) is 2.03. The minimum Gasteiger partial charge on any atom is -0.268 e. The first-order valence-corrected chi connectivity index (χ1v) is 8.17. The standard InChI is InChI=1S/C16H21BrN2O/c1-11-8-14(17)9-13-10-19(16(20)15(11)13)18(2)7-6-12-4-3-5-12/h8-9,12H,3-7,10H2,1-2H3. The van der Waals surface area contributed by atoms with Crippen LogP contribution in [0.5, 0.6) is 0 Å². The van der Waals surface area contributed by atoms with Gasteiger partial charge in [0.25, 0.3) is 5.91 Å². The van der Waals surface area contributed by atoms with E-state index in [0.29, 0.717) is 6.54 Å². The number of hydrazine groups is 1. The summed E-state index contributed by atoms with van der Waals surface area (Å²) in [5.41, 5.74) is 3.09. The first-order chi connectivity index (χ1) is 9.56. The summed E-state index contributed by atoms with van der Waals surface area (Å²) in [6.45, 7) is 3.69. The predicted molar refractivity (Wildman–Crippen MR) is 83.3 cm³/mol. The van der Waals surface area contributed by atoms with Gasteiger partial charge in [0.1, 0.15) is 0 Å². The van der Waals surface area contributed by atoms with E-state index >= 15 is 0 Å². The van der Waals surface area contributed by atoms with E-state index < -0.39 is 0 Å². The van der Waals surface area contributed by atoms with Crippen molar-refractivity contribution < 1.29 is 4.79 Å². The Bertz CT molecular complexity index is 540. The van der Waals surface area contributed by atoms with Crippen molar-refractivity contribution >= 4 is 21.8 Å². The third kappa shape index (κ3) is 2.51. The normalized spacial score (nSPS) is 18.6. The Morgan fingerprint density at radius 2 is 2.15 bits per heavy atom. The maximum atomic E-state index is 12.6. The van der Waals surface area contributed by atoms with E-state index in [0.717, 1.165) is 33.6 Å². The number of carbonyl (C=O) groups excluding carboxylic acids is 1. The fraction of sp³-hybridized carbons (Fsp3) is 0.562. The fourth-order valence-electron chi connectivity index (χ4n) is 3.15. The van der Waals surface area contributed by atoms with Gasteiger partial charge >= 0.3 is 0 Å². The van der Waals surface area contributed by atoms with Crippen LogP contribution in [0.1, 0.15) is 47.2 Å². The van der Waals surface area contributed by atoms with Crippen LogP contribution in [0.15, 0.2) is 16.6 Å². The highest BCUT2D eigenvalue weighted by atomic mass is 79.9. The van der Waals surface area contributed by atoms with Gasteiger partial charge in [-0.1, -0.05) is 35.2 Å². The highest BCUT2D eigenvalue weighted by Gasteiger charge is 2.32. The summed E-state index contributed by atoms with van der Waals surface area (Å²) in [6.07, 6.45) is 5.33. The van der Waals surface area contributed by atoms with Crippen LogP contribution < -0.4 is 0 Å². The van der Waals surface area contributed by atoms with Gasteiger partial charge in [0.2, 0.25) is 0 Å². The summed E-state index contributed by atoms with van der Waals surface area (Å²) < 4.78 is 1.06. The average Bonchev–Trinajstić information content (AvgIpc) is 2.64. The van der Waals surface area contributed by atoms with E-state index in [1.807, 2.05) is 25.0 Å². The zero-order valence-corrected chi connectivity index (χ0v) is 13.7. The number of hydrogen-bond donors (Lipinski definition) is 0. The van der Waals surface area contributed by atoms with Crippen LogP contribution in [-0.2, 0) is 6.54 Å². The average molecular weight is 337 g/mol. The van der Waals surface area contributed by atoms with Gasteiger partial charge in [-0.3, -0.25) is 9.80 Å². The number of rotatable bonds is 4. The van der Waals surface area contributed by atoms with E-state index in [-0.39, 0.29) is 5.91 Å². The highest BCUT2D eigenvalue weighted by molar-refractivity contribution is 9.10. The topological polar surface area (TPSA) is 23.6 Å². The molecule has 0 atom stereocenters. The number of carbonyl (C=O) groups is 1. The molecule has 1 aliphatic heterocycles. The van der Waals surface area contributed by atoms with Crippen molar-refractivity contribution in [3.05, 3.63) is 33.3 Å². The van der Waals surface area contributed by atoms with Crippen molar-refractivity contribution in [3.63, 3.8) is 0 Å². The number of fused-ring (bicyclic) bond motifs is 1. The molecule has 1 fully saturated rings. The third-order valence-corrected chi connectivity index (χ3v) is 5.11. The van der Waals surface area contributed by atoms with E-state index in [1.165, 1.54) is 25.7 Å². The predicted octanol–water partition coefficient (Wildman–Crippen LogP) is 3.75. The van der Waals surface area contributed by atoms with E-state index in [2.05, 4.69) is 27.0 Å². The third-order valence-electron chi connectivity index (χ3n) is 4.65. The van der Waals surface area contributed by atoms with Crippen LogP contribution in [0.25, 0.3) is 0 Å². The molecule has 1 aromatic rings. The van der Waals surface area contributed by atoms with Crippen molar-refractivity contribution in [3.8, 4) is 0 Å². The first kappa shape index (κ1) is 14.1. The van der Waals surface area contributed by atoms with Crippen LogP contribution in [0.4, 0.5) is 0 Å². The van der Waals surface area contributed by atoms with Crippen molar-refractivity contribution in [1.82, 2.24) is 10.0 Å². The maximum Gasteiger partial charge on any atom is 0.269 e. The number of nitrogens with zero attached hydrogens (tertiary/aromatic N) is 2. The molecule has 2 aliphatic rings. The van der Waals surface area contributed by atoms with Crippen LogP contribution in [0, 0.1) is 12.8 Å². The molecule has 20 heavy (non-hydrogen) atoms. The smallest absolute Gasteiger partial charge is 0.268 e. The maximum absolute atomic E-state index is 12.6. The molecule has 0 aromatic heterocycles. The molecule has 0 spiro atoms. The molecule has 3 rings (SSSR count). The molecule has 4 heteroatoms. The lowest BCUT2D eigenvalue weighted by atomic mass is 9.83. The second-order valence-electron chi connectivity index (χ2n) is 6.09. The Kier molecular flexibility index (Phi) is 3.87. The summed E-state index contributed by atoms with van der Waals surface area (Å²) in [6, 6.07) is 4.09. The number of aryl methyl sites for hydroxylation is 1.